The molecule has 0 bridgehead atoms. The highest BCUT2D eigenvalue weighted by Gasteiger charge is 2.23. The molecule has 2 aromatic rings. The third-order valence-electron chi connectivity index (χ3n) is 4.06. The minimum absolute atomic E-state index is 0.0683. The summed E-state index contributed by atoms with van der Waals surface area (Å²) in [6.07, 6.45) is 4.28. The number of carbonyl (C=O) groups is 1. The molecule has 0 aliphatic carbocycles. The van der Waals surface area contributed by atoms with Crippen LogP contribution in [0.3, 0.4) is 0 Å². The van der Waals surface area contributed by atoms with Crippen molar-refractivity contribution in [3.63, 3.8) is 0 Å². The van der Waals surface area contributed by atoms with Crippen molar-refractivity contribution in [2.75, 3.05) is 24.5 Å². The van der Waals surface area contributed by atoms with Gasteiger partial charge in [0.1, 0.15) is 5.69 Å². The summed E-state index contributed by atoms with van der Waals surface area (Å²) in [4.78, 5) is 18.4. The van der Waals surface area contributed by atoms with Crippen LogP contribution in [0.25, 0.3) is 0 Å². The molecule has 0 radical (unpaired) electrons. The molecule has 116 valence electrons. The first-order valence-corrected chi connectivity index (χ1v) is 7.76. The van der Waals surface area contributed by atoms with Crippen LogP contribution < -0.4 is 10.2 Å². The molecule has 1 aromatic heterocycles. The molecule has 1 aromatic carbocycles. The molecule has 1 N–H and O–H groups in total. The maximum absolute atomic E-state index is 12.1. The molecular formula is C16H19ClN4O. The molecule has 22 heavy (non-hydrogen) atoms. The molecule has 0 spiro atoms. The zero-order valence-electron chi connectivity index (χ0n) is 12.5. The number of halogens is 1. The van der Waals surface area contributed by atoms with Crippen LogP contribution in [-0.2, 0) is 7.05 Å². The van der Waals surface area contributed by atoms with Gasteiger partial charge in [-0.1, -0.05) is 17.7 Å². The first-order valence-electron chi connectivity index (χ1n) is 7.38. The van der Waals surface area contributed by atoms with Crippen LogP contribution in [0.15, 0.2) is 36.8 Å². The van der Waals surface area contributed by atoms with Crippen molar-refractivity contribution in [2.24, 2.45) is 13.0 Å². The van der Waals surface area contributed by atoms with Crippen LogP contribution in [0, 0.1) is 5.92 Å². The minimum atomic E-state index is -0.0683. The van der Waals surface area contributed by atoms with Gasteiger partial charge in [-0.2, -0.15) is 0 Å². The van der Waals surface area contributed by atoms with Crippen LogP contribution >= 0.6 is 11.6 Å². The maximum atomic E-state index is 12.1. The summed E-state index contributed by atoms with van der Waals surface area (Å²) in [5.41, 5.74) is 1.73. The first-order chi connectivity index (χ1) is 10.6. The standard InChI is InChI=1S/C16H19ClN4O/c1-20-11-18-9-15(20)16(22)19-8-12-5-6-21(10-12)14-4-2-3-13(17)7-14/h2-4,7,9,11-12H,5-6,8,10H2,1H3,(H,19,22)/t12-/m1/s1. The van der Waals surface area contributed by atoms with E-state index in [4.69, 9.17) is 11.6 Å². The van der Waals surface area contributed by atoms with E-state index in [-0.39, 0.29) is 5.91 Å². The van der Waals surface area contributed by atoms with Gasteiger partial charge in [0.15, 0.2) is 0 Å². The number of carbonyl (C=O) groups excluding carboxylic acids is 1. The van der Waals surface area contributed by atoms with Gasteiger partial charge in [-0.25, -0.2) is 4.98 Å². The Morgan fingerprint density at radius 3 is 3.09 bits per heavy atom. The quantitative estimate of drug-likeness (QED) is 0.941. The third-order valence-corrected chi connectivity index (χ3v) is 4.29. The Morgan fingerprint density at radius 1 is 1.50 bits per heavy atom. The second-order valence-electron chi connectivity index (χ2n) is 5.68. The fraction of sp³-hybridized carbons (Fsp3) is 0.375. The van der Waals surface area contributed by atoms with E-state index in [1.54, 1.807) is 17.1 Å². The molecule has 0 saturated carbocycles. The van der Waals surface area contributed by atoms with Crippen molar-refractivity contribution < 1.29 is 4.79 Å². The van der Waals surface area contributed by atoms with Crippen LogP contribution in [0.2, 0.25) is 5.02 Å². The average molecular weight is 319 g/mol. The average Bonchev–Trinajstić information content (AvgIpc) is 3.14. The summed E-state index contributed by atoms with van der Waals surface area (Å²) < 4.78 is 1.72. The summed E-state index contributed by atoms with van der Waals surface area (Å²) in [6, 6.07) is 7.91. The first kappa shape index (κ1) is 14.9. The lowest BCUT2D eigenvalue weighted by Gasteiger charge is -2.19. The fourth-order valence-electron chi connectivity index (χ4n) is 2.81. The molecule has 2 heterocycles. The lowest BCUT2D eigenvalue weighted by atomic mass is 10.1. The predicted molar refractivity (Wildman–Crippen MR) is 87.3 cm³/mol. The Hall–Kier alpha value is -2.01. The molecule has 6 heteroatoms. The lowest BCUT2D eigenvalue weighted by molar-refractivity contribution is 0.0940. The van der Waals surface area contributed by atoms with E-state index in [0.717, 1.165) is 30.2 Å². The zero-order valence-corrected chi connectivity index (χ0v) is 13.3. The SMILES string of the molecule is Cn1cncc1C(=O)NC[C@H]1CCN(c2cccc(Cl)c2)C1. The lowest BCUT2D eigenvalue weighted by Crippen LogP contribution is -2.32. The topological polar surface area (TPSA) is 50.2 Å². The Morgan fingerprint density at radius 2 is 2.36 bits per heavy atom. The van der Waals surface area contributed by atoms with Crippen LogP contribution in [0.1, 0.15) is 16.9 Å². The van der Waals surface area contributed by atoms with Gasteiger partial charge in [0.25, 0.3) is 5.91 Å². The van der Waals surface area contributed by atoms with Crippen LogP contribution in [-0.4, -0.2) is 35.1 Å². The zero-order chi connectivity index (χ0) is 15.5. The summed E-state index contributed by atoms with van der Waals surface area (Å²) in [5.74, 6) is 0.386. The van der Waals surface area contributed by atoms with Gasteiger partial charge in [0.05, 0.1) is 12.5 Å². The number of hydrogen-bond donors (Lipinski definition) is 1. The van der Waals surface area contributed by atoms with Crippen molar-refractivity contribution in [2.45, 2.75) is 6.42 Å². The van der Waals surface area contributed by atoms with Gasteiger partial charge in [0, 0.05) is 37.4 Å². The summed E-state index contributed by atoms with van der Waals surface area (Å²) in [7, 11) is 1.82. The van der Waals surface area contributed by atoms with E-state index in [1.807, 2.05) is 25.2 Å². The van der Waals surface area contributed by atoms with Crippen LogP contribution in [0.4, 0.5) is 5.69 Å². The van der Waals surface area contributed by atoms with E-state index in [9.17, 15) is 4.79 Å². The van der Waals surface area contributed by atoms with Gasteiger partial charge in [-0.05, 0) is 30.5 Å². The molecule has 1 atom stereocenters. The largest absolute Gasteiger partial charge is 0.371 e. The predicted octanol–water partition coefficient (Wildman–Crippen LogP) is 2.33. The Kier molecular flexibility index (Phi) is 4.34. The molecule has 1 saturated heterocycles. The van der Waals surface area contributed by atoms with E-state index < -0.39 is 0 Å². The second-order valence-corrected chi connectivity index (χ2v) is 6.12. The number of aromatic nitrogens is 2. The molecular weight excluding hydrogens is 300 g/mol. The molecule has 1 fully saturated rings. The summed E-state index contributed by atoms with van der Waals surface area (Å²) >= 11 is 6.04. The molecule has 1 aliphatic rings. The second kappa shape index (κ2) is 6.40. The molecule has 1 aliphatic heterocycles. The van der Waals surface area contributed by atoms with E-state index in [0.29, 0.717) is 18.2 Å². The minimum Gasteiger partial charge on any atom is -0.371 e. The number of imidazole rings is 1. The number of anilines is 1. The highest BCUT2D eigenvalue weighted by molar-refractivity contribution is 6.30. The molecule has 0 unspecified atom stereocenters. The van der Waals surface area contributed by atoms with Crippen molar-refractivity contribution in [3.05, 3.63) is 47.5 Å². The Balaban J connectivity index is 1.53. The highest BCUT2D eigenvalue weighted by Crippen LogP contribution is 2.25. The highest BCUT2D eigenvalue weighted by atomic mass is 35.5. The van der Waals surface area contributed by atoms with E-state index in [2.05, 4.69) is 21.3 Å². The Labute approximate surface area is 134 Å². The number of benzene rings is 1. The van der Waals surface area contributed by atoms with E-state index >= 15 is 0 Å². The van der Waals surface area contributed by atoms with Crippen molar-refractivity contribution in [1.29, 1.82) is 0 Å². The van der Waals surface area contributed by atoms with Crippen molar-refractivity contribution >= 4 is 23.2 Å². The van der Waals surface area contributed by atoms with Crippen LogP contribution in [0.5, 0.6) is 0 Å². The molecule has 3 rings (SSSR count). The van der Waals surface area contributed by atoms with Gasteiger partial charge >= 0.3 is 0 Å². The maximum Gasteiger partial charge on any atom is 0.269 e. The van der Waals surface area contributed by atoms with E-state index in [1.165, 1.54) is 0 Å². The van der Waals surface area contributed by atoms with Crippen molar-refractivity contribution in [3.8, 4) is 0 Å². The number of hydrogen-bond acceptors (Lipinski definition) is 3. The molecule has 1 amide bonds. The monoisotopic (exact) mass is 318 g/mol. The van der Waals surface area contributed by atoms with Crippen molar-refractivity contribution in [1.82, 2.24) is 14.9 Å². The van der Waals surface area contributed by atoms with Gasteiger partial charge in [0.2, 0.25) is 0 Å². The molecule has 5 nitrogen and oxygen atoms in total. The fourth-order valence-corrected chi connectivity index (χ4v) is 2.99. The summed E-state index contributed by atoms with van der Waals surface area (Å²) in [5, 5.41) is 3.75. The number of nitrogens with one attached hydrogen (secondary N) is 1. The smallest absolute Gasteiger partial charge is 0.269 e. The Bertz CT molecular complexity index is 670. The number of nitrogens with zero attached hydrogens (tertiary/aromatic N) is 3. The number of aryl methyl sites for hydroxylation is 1. The normalized spacial score (nSPS) is 17.7. The summed E-state index contributed by atoms with van der Waals surface area (Å²) in [6.45, 7) is 2.61. The number of rotatable bonds is 4. The third kappa shape index (κ3) is 3.25. The van der Waals surface area contributed by atoms with Gasteiger partial charge in [-0.3, -0.25) is 4.79 Å². The van der Waals surface area contributed by atoms with Gasteiger partial charge < -0.3 is 14.8 Å². The number of amides is 1. The van der Waals surface area contributed by atoms with Gasteiger partial charge in [-0.15, -0.1) is 0 Å².